The van der Waals surface area contributed by atoms with Crippen LogP contribution >= 0.6 is 11.6 Å². The zero-order valence-corrected chi connectivity index (χ0v) is 20.0. The summed E-state index contributed by atoms with van der Waals surface area (Å²) in [5.41, 5.74) is 0.335. The zero-order valence-electron chi connectivity index (χ0n) is 18.4. The molecular weight excluding hydrogens is 464 g/mol. The van der Waals surface area contributed by atoms with Gasteiger partial charge in [-0.25, -0.2) is 13.2 Å². The van der Waals surface area contributed by atoms with Gasteiger partial charge in [-0.2, -0.15) is 0 Å². The van der Waals surface area contributed by atoms with E-state index in [1.807, 2.05) is 6.92 Å². The number of sulfonamides is 1. The number of para-hydroxylation sites is 1. The second kappa shape index (κ2) is 10.9. The van der Waals surface area contributed by atoms with Crippen molar-refractivity contribution < 1.29 is 22.7 Å². The minimum Gasteiger partial charge on any atom is -0.452 e. The highest BCUT2D eigenvalue weighted by Crippen LogP contribution is 2.27. The molecule has 0 aliphatic carbocycles. The van der Waals surface area contributed by atoms with Crippen LogP contribution in [0.1, 0.15) is 36.5 Å². The maximum Gasteiger partial charge on any atom is 0.340 e. The van der Waals surface area contributed by atoms with Crippen molar-refractivity contribution in [3.63, 3.8) is 0 Å². The van der Waals surface area contributed by atoms with Gasteiger partial charge >= 0.3 is 5.97 Å². The van der Waals surface area contributed by atoms with E-state index in [9.17, 15) is 18.0 Å². The molecule has 0 spiro atoms. The van der Waals surface area contributed by atoms with Gasteiger partial charge in [0.15, 0.2) is 6.61 Å². The maximum atomic E-state index is 13.3. The van der Waals surface area contributed by atoms with Crippen molar-refractivity contribution >= 4 is 39.2 Å². The number of piperidine rings is 1. The highest BCUT2D eigenvalue weighted by Gasteiger charge is 2.27. The molecule has 0 aromatic heterocycles. The van der Waals surface area contributed by atoms with E-state index in [4.69, 9.17) is 16.3 Å². The van der Waals surface area contributed by atoms with E-state index in [2.05, 4.69) is 6.58 Å². The molecule has 1 unspecified atom stereocenters. The molecule has 9 heteroatoms. The first-order chi connectivity index (χ1) is 15.8. The summed E-state index contributed by atoms with van der Waals surface area (Å²) in [7, 11) is -4.02. The molecular formula is C24H27ClN2O5S. The number of benzene rings is 2. The van der Waals surface area contributed by atoms with Gasteiger partial charge in [0.25, 0.3) is 15.9 Å². The molecule has 1 heterocycles. The highest BCUT2D eigenvalue weighted by molar-refractivity contribution is 7.92. The third-order valence-electron chi connectivity index (χ3n) is 5.53. The minimum atomic E-state index is -4.02. The first-order valence-corrected chi connectivity index (χ1v) is 12.5. The largest absolute Gasteiger partial charge is 0.452 e. The number of anilines is 1. The van der Waals surface area contributed by atoms with E-state index in [0.717, 1.165) is 19.3 Å². The van der Waals surface area contributed by atoms with Crippen LogP contribution in [0.2, 0.25) is 5.02 Å². The summed E-state index contributed by atoms with van der Waals surface area (Å²) >= 11 is 6.17. The molecule has 1 fully saturated rings. The number of hydrogen-bond donors (Lipinski definition) is 0. The Labute approximate surface area is 199 Å². The Morgan fingerprint density at radius 3 is 2.61 bits per heavy atom. The number of carbonyl (C=O) groups is 2. The van der Waals surface area contributed by atoms with Gasteiger partial charge in [-0.1, -0.05) is 35.9 Å². The lowest BCUT2D eigenvalue weighted by atomic mass is 10.0. The SMILES string of the molecule is C=CCN(c1ccccc1)S(=O)(=O)c1ccc(Cl)c(C(=O)OCC(=O)N2CCCCC2C)c1. The second-order valence-corrected chi connectivity index (χ2v) is 10.1. The van der Waals surface area contributed by atoms with E-state index in [1.54, 1.807) is 35.2 Å². The molecule has 1 aliphatic heterocycles. The molecule has 2 aromatic rings. The Bertz CT molecular complexity index is 1120. The molecule has 1 amide bonds. The summed E-state index contributed by atoms with van der Waals surface area (Å²) in [4.78, 5) is 26.7. The number of ether oxygens (including phenoxy) is 1. The third kappa shape index (κ3) is 5.75. The van der Waals surface area contributed by atoms with Crippen molar-refractivity contribution in [2.75, 3.05) is 24.0 Å². The monoisotopic (exact) mass is 490 g/mol. The van der Waals surface area contributed by atoms with Gasteiger partial charge in [0.1, 0.15) is 0 Å². The van der Waals surface area contributed by atoms with Crippen LogP contribution in [-0.4, -0.2) is 50.9 Å². The van der Waals surface area contributed by atoms with Gasteiger partial charge in [-0.15, -0.1) is 6.58 Å². The van der Waals surface area contributed by atoms with Crippen molar-refractivity contribution in [2.24, 2.45) is 0 Å². The molecule has 1 aliphatic rings. The van der Waals surface area contributed by atoms with Gasteiger partial charge in [-0.3, -0.25) is 9.10 Å². The van der Waals surface area contributed by atoms with Crippen LogP contribution in [-0.2, 0) is 19.6 Å². The predicted molar refractivity (Wildman–Crippen MR) is 128 cm³/mol. The van der Waals surface area contributed by atoms with Crippen LogP contribution < -0.4 is 4.31 Å². The Morgan fingerprint density at radius 2 is 1.94 bits per heavy atom. The summed E-state index contributed by atoms with van der Waals surface area (Å²) in [6, 6.07) is 12.5. The molecule has 1 atom stereocenters. The van der Waals surface area contributed by atoms with Crippen LogP contribution in [0, 0.1) is 0 Å². The van der Waals surface area contributed by atoms with E-state index < -0.39 is 22.6 Å². The predicted octanol–water partition coefficient (Wildman–Crippen LogP) is 4.28. The number of carbonyl (C=O) groups excluding carboxylic acids is 2. The minimum absolute atomic E-state index is 0.0349. The Balaban J connectivity index is 1.81. The first kappa shape index (κ1) is 24.8. The van der Waals surface area contributed by atoms with Crippen molar-refractivity contribution in [3.8, 4) is 0 Å². The second-order valence-electron chi connectivity index (χ2n) is 7.81. The fourth-order valence-corrected chi connectivity index (χ4v) is 5.42. The molecule has 1 saturated heterocycles. The zero-order chi connectivity index (χ0) is 24.0. The highest BCUT2D eigenvalue weighted by atomic mass is 35.5. The van der Waals surface area contributed by atoms with Crippen molar-refractivity contribution in [1.82, 2.24) is 4.90 Å². The Hall–Kier alpha value is -2.84. The normalized spacial score (nSPS) is 16.2. The fraction of sp³-hybridized carbons (Fsp3) is 0.333. The number of esters is 1. The molecule has 0 N–H and O–H groups in total. The molecule has 0 radical (unpaired) electrons. The smallest absolute Gasteiger partial charge is 0.340 e. The average Bonchev–Trinajstić information content (AvgIpc) is 2.81. The van der Waals surface area contributed by atoms with Crippen LogP contribution in [0.15, 0.2) is 66.1 Å². The number of likely N-dealkylation sites (tertiary alicyclic amines) is 1. The summed E-state index contributed by atoms with van der Waals surface area (Å²) in [5.74, 6) is -1.14. The summed E-state index contributed by atoms with van der Waals surface area (Å²) in [6.07, 6.45) is 4.36. The standard InChI is InChI=1S/C24H27ClN2O5S/c1-3-14-27(19-10-5-4-6-11-19)33(30,31)20-12-13-22(25)21(16-20)24(29)32-17-23(28)26-15-8-7-9-18(26)2/h3-6,10-13,16,18H,1,7-9,14-15,17H2,2H3. The van der Waals surface area contributed by atoms with Gasteiger partial charge in [0.05, 0.1) is 27.7 Å². The Kier molecular flexibility index (Phi) is 8.15. The molecule has 7 nitrogen and oxygen atoms in total. The van der Waals surface area contributed by atoms with Gasteiger partial charge in [0.2, 0.25) is 0 Å². The van der Waals surface area contributed by atoms with Crippen molar-refractivity contribution in [2.45, 2.75) is 37.1 Å². The molecule has 176 valence electrons. The maximum absolute atomic E-state index is 13.3. The van der Waals surface area contributed by atoms with Crippen molar-refractivity contribution in [1.29, 1.82) is 0 Å². The average molecular weight is 491 g/mol. The van der Waals surface area contributed by atoms with Gasteiger partial charge in [0, 0.05) is 12.6 Å². The molecule has 2 aromatic carbocycles. The quantitative estimate of drug-likeness (QED) is 0.407. The van der Waals surface area contributed by atoms with Crippen LogP contribution in [0.4, 0.5) is 5.69 Å². The van der Waals surface area contributed by atoms with Crippen LogP contribution in [0.3, 0.4) is 0 Å². The first-order valence-electron chi connectivity index (χ1n) is 10.7. The van der Waals surface area contributed by atoms with Crippen molar-refractivity contribution in [3.05, 3.63) is 71.8 Å². The lowest BCUT2D eigenvalue weighted by Crippen LogP contribution is -2.44. The number of nitrogens with zero attached hydrogens (tertiary/aromatic N) is 2. The fourth-order valence-electron chi connectivity index (χ4n) is 3.76. The molecule has 3 rings (SSSR count). The van der Waals surface area contributed by atoms with Crippen LogP contribution in [0.5, 0.6) is 0 Å². The van der Waals surface area contributed by atoms with E-state index in [1.165, 1.54) is 28.6 Å². The number of amides is 1. The molecule has 0 saturated carbocycles. The third-order valence-corrected chi connectivity index (χ3v) is 7.65. The summed E-state index contributed by atoms with van der Waals surface area (Å²) < 4.78 is 33.1. The van der Waals surface area contributed by atoms with E-state index in [0.29, 0.717) is 12.2 Å². The topological polar surface area (TPSA) is 84.0 Å². The van der Waals surface area contributed by atoms with E-state index in [-0.39, 0.29) is 34.0 Å². The van der Waals surface area contributed by atoms with E-state index >= 15 is 0 Å². The molecule has 33 heavy (non-hydrogen) atoms. The number of hydrogen-bond acceptors (Lipinski definition) is 5. The number of halogens is 1. The lowest BCUT2D eigenvalue weighted by Gasteiger charge is -2.33. The lowest BCUT2D eigenvalue weighted by molar-refractivity contribution is -0.137. The van der Waals surface area contributed by atoms with Gasteiger partial charge in [-0.05, 0) is 56.5 Å². The van der Waals surface area contributed by atoms with Crippen LogP contribution in [0.25, 0.3) is 0 Å². The summed E-state index contributed by atoms with van der Waals surface area (Å²) in [6.45, 7) is 5.85. The van der Waals surface area contributed by atoms with Gasteiger partial charge < -0.3 is 9.64 Å². The molecule has 0 bridgehead atoms. The number of rotatable bonds is 8. The Morgan fingerprint density at radius 1 is 1.21 bits per heavy atom. The summed E-state index contributed by atoms with van der Waals surface area (Å²) in [5, 5.41) is 0.0349.